The fraction of sp³-hybridized carbons (Fsp3) is 0.133. The van der Waals surface area contributed by atoms with Crippen LogP contribution in [-0.2, 0) is 4.79 Å². The molecule has 20 heavy (non-hydrogen) atoms. The van der Waals surface area contributed by atoms with Crippen LogP contribution in [-0.4, -0.2) is 13.0 Å². The molecule has 0 aromatic heterocycles. The number of hydrogen-bond donors (Lipinski definition) is 2. The van der Waals surface area contributed by atoms with Crippen LogP contribution in [0, 0.1) is 5.82 Å². The van der Waals surface area contributed by atoms with Crippen LogP contribution in [0.3, 0.4) is 0 Å². The van der Waals surface area contributed by atoms with Gasteiger partial charge in [-0.05, 0) is 17.7 Å². The number of nitrogens with one attached hydrogen (secondary N) is 1. The fourth-order valence-corrected chi connectivity index (χ4v) is 1.79. The van der Waals surface area contributed by atoms with Gasteiger partial charge in [-0.15, -0.1) is 0 Å². The van der Waals surface area contributed by atoms with Crippen LogP contribution in [0.5, 0.6) is 5.75 Å². The molecule has 2 aromatic rings. The van der Waals surface area contributed by atoms with Gasteiger partial charge >= 0.3 is 0 Å². The predicted molar refractivity (Wildman–Crippen MR) is 75.0 cm³/mol. The average Bonchev–Trinajstić information content (AvgIpc) is 2.49. The van der Waals surface area contributed by atoms with Crippen molar-refractivity contribution in [2.75, 3.05) is 12.4 Å². The lowest BCUT2D eigenvalue weighted by Crippen LogP contribution is -2.27. The Bertz CT molecular complexity index is 602. The molecule has 0 spiro atoms. The highest BCUT2D eigenvalue weighted by atomic mass is 19.1. The minimum atomic E-state index is -0.800. The van der Waals surface area contributed by atoms with Crippen LogP contribution in [0.1, 0.15) is 11.6 Å². The lowest BCUT2D eigenvalue weighted by Gasteiger charge is -2.14. The third kappa shape index (κ3) is 3.13. The summed E-state index contributed by atoms with van der Waals surface area (Å²) in [7, 11) is 1.40. The summed E-state index contributed by atoms with van der Waals surface area (Å²) >= 11 is 0. The molecule has 4 nitrogen and oxygen atoms in total. The molecule has 1 amide bonds. The summed E-state index contributed by atoms with van der Waals surface area (Å²) in [6.45, 7) is 0. The zero-order valence-corrected chi connectivity index (χ0v) is 11.0. The van der Waals surface area contributed by atoms with Crippen molar-refractivity contribution in [3.63, 3.8) is 0 Å². The van der Waals surface area contributed by atoms with Crippen molar-refractivity contribution in [3.05, 3.63) is 59.9 Å². The Hall–Kier alpha value is -2.40. The smallest absolute Gasteiger partial charge is 0.245 e. The lowest BCUT2D eigenvalue weighted by molar-refractivity contribution is -0.117. The maximum Gasteiger partial charge on any atom is 0.245 e. The first-order chi connectivity index (χ1) is 9.61. The van der Waals surface area contributed by atoms with E-state index >= 15 is 0 Å². The number of rotatable bonds is 4. The van der Waals surface area contributed by atoms with Gasteiger partial charge in [-0.3, -0.25) is 4.79 Å². The number of carbonyl (C=O) groups excluding carboxylic acids is 1. The molecule has 0 radical (unpaired) electrons. The Balaban J connectivity index is 2.16. The first-order valence-corrected chi connectivity index (χ1v) is 6.06. The number of carbonyl (C=O) groups is 1. The second kappa shape index (κ2) is 6.16. The highest BCUT2D eigenvalue weighted by Gasteiger charge is 2.17. The topological polar surface area (TPSA) is 64.3 Å². The number of nitrogens with two attached hydrogens (primary N) is 1. The van der Waals surface area contributed by atoms with Crippen molar-refractivity contribution in [1.82, 2.24) is 0 Å². The van der Waals surface area contributed by atoms with Crippen LogP contribution in [0.15, 0.2) is 48.5 Å². The zero-order chi connectivity index (χ0) is 14.5. The Morgan fingerprint density at radius 1 is 1.25 bits per heavy atom. The molecule has 104 valence electrons. The van der Waals surface area contributed by atoms with E-state index in [4.69, 9.17) is 10.5 Å². The molecule has 0 aliphatic rings. The van der Waals surface area contributed by atoms with Crippen molar-refractivity contribution in [2.45, 2.75) is 6.04 Å². The highest BCUT2D eigenvalue weighted by Crippen LogP contribution is 2.25. The van der Waals surface area contributed by atoms with Crippen LogP contribution < -0.4 is 15.8 Å². The molecule has 2 aromatic carbocycles. The van der Waals surface area contributed by atoms with Crippen molar-refractivity contribution < 1.29 is 13.9 Å². The Morgan fingerprint density at radius 2 is 1.95 bits per heavy atom. The quantitative estimate of drug-likeness (QED) is 0.900. The number of ether oxygens (including phenoxy) is 1. The zero-order valence-electron chi connectivity index (χ0n) is 11.0. The van der Waals surface area contributed by atoms with Crippen molar-refractivity contribution in [1.29, 1.82) is 0 Å². The molecule has 0 unspecified atom stereocenters. The molecule has 0 aliphatic heterocycles. The standard InChI is InChI=1S/C15H15FN2O2/c1-20-13-9-11(16)7-8-12(13)18-15(19)14(17)10-5-3-2-4-6-10/h2-9,14H,17H2,1H3,(H,18,19)/t14-/m0/s1. The first-order valence-electron chi connectivity index (χ1n) is 6.06. The van der Waals surface area contributed by atoms with E-state index in [-0.39, 0.29) is 11.7 Å². The summed E-state index contributed by atoms with van der Waals surface area (Å²) < 4.78 is 18.1. The minimum absolute atomic E-state index is 0.249. The second-order valence-corrected chi connectivity index (χ2v) is 4.22. The van der Waals surface area contributed by atoms with E-state index in [9.17, 15) is 9.18 Å². The number of halogens is 1. The van der Waals surface area contributed by atoms with E-state index in [0.717, 1.165) is 0 Å². The Labute approximate surface area is 116 Å². The number of hydrogen-bond acceptors (Lipinski definition) is 3. The molecule has 2 rings (SSSR count). The highest BCUT2D eigenvalue weighted by molar-refractivity contribution is 5.96. The van der Waals surface area contributed by atoms with Crippen LogP contribution in [0.2, 0.25) is 0 Å². The largest absolute Gasteiger partial charge is 0.494 e. The molecule has 0 saturated carbocycles. The van der Waals surface area contributed by atoms with Crippen LogP contribution >= 0.6 is 0 Å². The summed E-state index contributed by atoms with van der Waals surface area (Å²) in [5.41, 5.74) is 6.96. The second-order valence-electron chi connectivity index (χ2n) is 4.22. The summed E-state index contributed by atoms with van der Waals surface area (Å²) in [6.07, 6.45) is 0. The van der Waals surface area contributed by atoms with Crippen LogP contribution in [0.4, 0.5) is 10.1 Å². The number of benzene rings is 2. The van der Waals surface area contributed by atoms with Crippen LogP contribution in [0.25, 0.3) is 0 Å². The minimum Gasteiger partial charge on any atom is -0.494 e. The summed E-state index contributed by atoms with van der Waals surface area (Å²) in [4.78, 5) is 12.1. The van der Waals surface area contributed by atoms with Crippen molar-refractivity contribution in [3.8, 4) is 5.75 Å². The normalized spacial score (nSPS) is 11.8. The Kier molecular flexibility index (Phi) is 4.32. The van der Waals surface area contributed by atoms with Crippen molar-refractivity contribution in [2.24, 2.45) is 5.73 Å². The maximum absolute atomic E-state index is 13.1. The maximum atomic E-state index is 13.1. The van der Waals surface area contributed by atoms with E-state index in [0.29, 0.717) is 11.3 Å². The van der Waals surface area contributed by atoms with Gasteiger partial charge < -0.3 is 15.8 Å². The number of amides is 1. The van der Waals surface area contributed by atoms with Gasteiger partial charge in [0.15, 0.2) is 0 Å². The number of methoxy groups -OCH3 is 1. The van der Waals surface area contributed by atoms with E-state index in [1.807, 2.05) is 6.07 Å². The molecule has 0 bridgehead atoms. The third-order valence-corrected chi connectivity index (χ3v) is 2.86. The van der Waals surface area contributed by atoms with Crippen molar-refractivity contribution >= 4 is 11.6 Å². The molecule has 0 fully saturated rings. The van der Waals surface area contributed by atoms with Gasteiger partial charge in [0.1, 0.15) is 17.6 Å². The Morgan fingerprint density at radius 3 is 2.60 bits per heavy atom. The van der Waals surface area contributed by atoms with E-state index in [2.05, 4.69) is 5.32 Å². The average molecular weight is 274 g/mol. The molecule has 3 N–H and O–H groups in total. The molecule has 5 heteroatoms. The molecule has 0 saturated heterocycles. The summed E-state index contributed by atoms with van der Waals surface area (Å²) in [5, 5.41) is 2.63. The van der Waals surface area contributed by atoms with E-state index in [1.165, 1.54) is 25.3 Å². The summed E-state index contributed by atoms with van der Waals surface area (Å²) in [6, 6.07) is 12.1. The predicted octanol–water partition coefficient (Wildman–Crippen LogP) is 2.47. The first kappa shape index (κ1) is 14.0. The van der Waals surface area contributed by atoms with E-state index < -0.39 is 11.9 Å². The molecule has 0 aliphatic carbocycles. The van der Waals surface area contributed by atoms with Gasteiger partial charge in [-0.25, -0.2) is 4.39 Å². The molecular formula is C15H15FN2O2. The van der Waals surface area contributed by atoms with Gasteiger partial charge in [0.05, 0.1) is 12.8 Å². The molecular weight excluding hydrogens is 259 g/mol. The molecule has 0 heterocycles. The van der Waals surface area contributed by atoms with Gasteiger partial charge in [0.25, 0.3) is 0 Å². The van der Waals surface area contributed by atoms with Gasteiger partial charge in [0.2, 0.25) is 5.91 Å². The third-order valence-electron chi connectivity index (χ3n) is 2.86. The van der Waals surface area contributed by atoms with Gasteiger partial charge in [0, 0.05) is 6.07 Å². The van der Waals surface area contributed by atoms with E-state index in [1.54, 1.807) is 24.3 Å². The van der Waals surface area contributed by atoms with Gasteiger partial charge in [-0.2, -0.15) is 0 Å². The molecule has 1 atom stereocenters. The SMILES string of the molecule is COc1cc(F)ccc1NC(=O)[C@@H](N)c1ccccc1. The van der Waals surface area contributed by atoms with Gasteiger partial charge in [-0.1, -0.05) is 30.3 Å². The number of anilines is 1. The fourth-order valence-electron chi connectivity index (χ4n) is 1.79. The summed E-state index contributed by atoms with van der Waals surface area (Å²) in [5.74, 6) is -0.577. The lowest BCUT2D eigenvalue weighted by atomic mass is 10.1. The monoisotopic (exact) mass is 274 g/mol.